The van der Waals surface area contributed by atoms with Gasteiger partial charge >= 0.3 is 0 Å². The van der Waals surface area contributed by atoms with Gasteiger partial charge in [-0.2, -0.15) is 0 Å². The van der Waals surface area contributed by atoms with Crippen molar-refractivity contribution >= 4 is 5.91 Å². The number of aromatic nitrogens is 1. The summed E-state index contributed by atoms with van der Waals surface area (Å²) in [6, 6.07) is 1.97. The molecule has 18 heavy (non-hydrogen) atoms. The van der Waals surface area contributed by atoms with Crippen molar-refractivity contribution in [3.63, 3.8) is 0 Å². The van der Waals surface area contributed by atoms with E-state index in [-0.39, 0.29) is 17.9 Å². The van der Waals surface area contributed by atoms with E-state index in [9.17, 15) is 4.79 Å². The minimum atomic E-state index is -0.0131. The van der Waals surface area contributed by atoms with Crippen molar-refractivity contribution in [2.24, 2.45) is 11.7 Å². The van der Waals surface area contributed by atoms with Crippen molar-refractivity contribution in [2.45, 2.75) is 45.2 Å². The van der Waals surface area contributed by atoms with E-state index < -0.39 is 0 Å². The third-order valence-electron chi connectivity index (χ3n) is 3.75. The summed E-state index contributed by atoms with van der Waals surface area (Å²) in [6.45, 7) is 2.57. The number of rotatable bonds is 3. The summed E-state index contributed by atoms with van der Waals surface area (Å²) in [5.41, 5.74) is 8.22. The molecular weight excluding hydrogens is 226 g/mol. The lowest BCUT2D eigenvalue weighted by molar-refractivity contribution is -0.126. The number of nitrogens with zero attached hydrogens (tertiary/aromatic N) is 1. The molecule has 1 heterocycles. The van der Waals surface area contributed by atoms with E-state index in [2.05, 4.69) is 10.3 Å². The molecule has 1 fully saturated rings. The third-order valence-corrected chi connectivity index (χ3v) is 3.75. The molecule has 2 atom stereocenters. The first kappa shape index (κ1) is 13.0. The van der Waals surface area contributed by atoms with Crippen molar-refractivity contribution in [3.05, 3.63) is 29.6 Å². The number of hydrogen-bond donors (Lipinski definition) is 2. The smallest absolute Gasteiger partial charge is 0.224 e. The van der Waals surface area contributed by atoms with Gasteiger partial charge < -0.3 is 11.1 Å². The topological polar surface area (TPSA) is 68.0 Å². The minimum absolute atomic E-state index is 0.0131. The highest BCUT2D eigenvalue weighted by Crippen LogP contribution is 2.23. The number of hydrogen-bond acceptors (Lipinski definition) is 3. The fourth-order valence-corrected chi connectivity index (χ4v) is 2.50. The maximum Gasteiger partial charge on any atom is 0.224 e. The summed E-state index contributed by atoms with van der Waals surface area (Å²) in [5, 5.41) is 2.99. The van der Waals surface area contributed by atoms with E-state index in [0.29, 0.717) is 6.54 Å². The van der Waals surface area contributed by atoms with E-state index in [1.807, 2.05) is 19.2 Å². The average molecular weight is 247 g/mol. The lowest BCUT2D eigenvalue weighted by Crippen LogP contribution is -2.43. The van der Waals surface area contributed by atoms with E-state index >= 15 is 0 Å². The highest BCUT2D eigenvalue weighted by Gasteiger charge is 2.27. The maximum atomic E-state index is 12.1. The number of pyridine rings is 1. The normalized spacial score (nSPS) is 23.7. The van der Waals surface area contributed by atoms with Gasteiger partial charge in [0.1, 0.15) is 0 Å². The van der Waals surface area contributed by atoms with Gasteiger partial charge in [-0.15, -0.1) is 0 Å². The summed E-state index contributed by atoms with van der Waals surface area (Å²) in [5.74, 6) is 0.0827. The Balaban J connectivity index is 1.90. The molecule has 2 rings (SSSR count). The minimum Gasteiger partial charge on any atom is -0.352 e. The Labute approximate surface area is 108 Å². The number of carbonyl (C=O) groups excluding carboxylic acids is 1. The van der Waals surface area contributed by atoms with Crippen LogP contribution in [0.5, 0.6) is 0 Å². The van der Waals surface area contributed by atoms with E-state index in [0.717, 1.165) is 36.8 Å². The quantitative estimate of drug-likeness (QED) is 0.851. The maximum absolute atomic E-state index is 12.1. The predicted molar refractivity (Wildman–Crippen MR) is 70.8 cm³/mol. The standard InChI is InChI=1S/C14H21N3O/c1-10-8-16-7-6-11(10)9-17-14(18)12-4-2-3-5-13(12)15/h6-8,12-13H,2-5,9,15H2,1H3,(H,17,18). The second-order valence-electron chi connectivity index (χ2n) is 5.07. The molecule has 1 aliphatic carbocycles. The summed E-state index contributed by atoms with van der Waals surface area (Å²) < 4.78 is 0. The molecule has 1 amide bonds. The van der Waals surface area contributed by atoms with Crippen LogP contribution in [0.4, 0.5) is 0 Å². The molecule has 98 valence electrons. The van der Waals surface area contributed by atoms with Crippen LogP contribution < -0.4 is 11.1 Å². The first-order chi connectivity index (χ1) is 8.68. The Morgan fingerprint density at radius 2 is 2.28 bits per heavy atom. The van der Waals surface area contributed by atoms with Gasteiger partial charge in [0.05, 0.1) is 5.92 Å². The molecule has 0 saturated heterocycles. The Morgan fingerprint density at radius 3 is 3.00 bits per heavy atom. The van der Waals surface area contributed by atoms with Gasteiger partial charge in [-0.05, 0) is 37.0 Å². The zero-order valence-corrected chi connectivity index (χ0v) is 10.9. The summed E-state index contributed by atoms with van der Waals surface area (Å²) in [7, 11) is 0. The van der Waals surface area contributed by atoms with E-state index in [1.54, 1.807) is 6.20 Å². The molecule has 1 aliphatic rings. The van der Waals surface area contributed by atoms with Crippen LogP contribution >= 0.6 is 0 Å². The van der Waals surface area contributed by atoms with Crippen LogP contribution in [-0.2, 0) is 11.3 Å². The molecule has 2 unspecified atom stereocenters. The van der Waals surface area contributed by atoms with Crippen molar-refractivity contribution in [1.82, 2.24) is 10.3 Å². The van der Waals surface area contributed by atoms with Crippen LogP contribution in [0.2, 0.25) is 0 Å². The number of aryl methyl sites for hydroxylation is 1. The SMILES string of the molecule is Cc1cnccc1CNC(=O)C1CCCCC1N. The van der Waals surface area contributed by atoms with Gasteiger partial charge in [-0.25, -0.2) is 0 Å². The number of carbonyl (C=O) groups is 1. The van der Waals surface area contributed by atoms with Crippen LogP contribution in [0.25, 0.3) is 0 Å². The predicted octanol–water partition coefficient (Wildman–Crippen LogP) is 1.52. The third kappa shape index (κ3) is 3.07. The van der Waals surface area contributed by atoms with Gasteiger partial charge in [0.15, 0.2) is 0 Å². The Kier molecular flexibility index (Phi) is 4.31. The molecule has 0 bridgehead atoms. The number of amides is 1. The number of nitrogens with one attached hydrogen (secondary N) is 1. The van der Waals surface area contributed by atoms with Crippen molar-refractivity contribution < 1.29 is 4.79 Å². The molecule has 1 aromatic heterocycles. The fraction of sp³-hybridized carbons (Fsp3) is 0.571. The Morgan fingerprint density at radius 1 is 1.50 bits per heavy atom. The summed E-state index contributed by atoms with van der Waals surface area (Å²) >= 11 is 0. The molecule has 0 radical (unpaired) electrons. The Bertz CT molecular complexity index is 419. The lowest BCUT2D eigenvalue weighted by atomic mass is 9.84. The van der Waals surface area contributed by atoms with Crippen LogP contribution in [-0.4, -0.2) is 16.9 Å². The zero-order valence-electron chi connectivity index (χ0n) is 10.9. The van der Waals surface area contributed by atoms with Gasteiger partial charge in [-0.3, -0.25) is 9.78 Å². The fourth-order valence-electron chi connectivity index (χ4n) is 2.50. The lowest BCUT2D eigenvalue weighted by Gasteiger charge is -2.27. The molecule has 0 spiro atoms. The molecule has 0 aromatic carbocycles. The highest BCUT2D eigenvalue weighted by molar-refractivity contribution is 5.79. The van der Waals surface area contributed by atoms with Crippen LogP contribution in [0.3, 0.4) is 0 Å². The Hall–Kier alpha value is -1.42. The van der Waals surface area contributed by atoms with Gasteiger partial charge in [0.25, 0.3) is 0 Å². The van der Waals surface area contributed by atoms with Crippen molar-refractivity contribution in [2.75, 3.05) is 0 Å². The monoisotopic (exact) mass is 247 g/mol. The zero-order chi connectivity index (χ0) is 13.0. The van der Waals surface area contributed by atoms with Crippen LogP contribution in [0.15, 0.2) is 18.5 Å². The highest BCUT2D eigenvalue weighted by atomic mass is 16.1. The second kappa shape index (κ2) is 5.96. The van der Waals surface area contributed by atoms with E-state index in [1.165, 1.54) is 0 Å². The largest absolute Gasteiger partial charge is 0.352 e. The van der Waals surface area contributed by atoms with Crippen molar-refractivity contribution in [1.29, 1.82) is 0 Å². The molecule has 1 aromatic rings. The second-order valence-corrected chi connectivity index (χ2v) is 5.07. The number of nitrogens with two attached hydrogens (primary N) is 1. The molecule has 4 nitrogen and oxygen atoms in total. The summed E-state index contributed by atoms with van der Waals surface area (Å²) in [4.78, 5) is 16.1. The van der Waals surface area contributed by atoms with Gasteiger partial charge in [-0.1, -0.05) is 12.8 Å². The molecule has 0 aliphatic heterocycles. The van der Waals surface area contributed by atoms with Crippen LogP contribution in [0, 0.1) is 12.8 Å². The molecule has 4 heteroatoms. The molecule has 3 N–H and O–H groups in total. The van der Waals surface area contributed by atoms with Crippen molar-refractivity contribution in [3.8, 4) is 0 Å². The van der Waals surface area contributed by atoms with Gasteiger partial charge in [0.2, 0.25) is 5.91 Å². The average Bonchev–Trinajstić information content (AvgIpc) is 2.38. The van der Waals surface area contributed by atoms with E-state index in [4.69, 9.17) is 5.73 Å². The first-order valence-electron chi connectivity index (χ1n) is 6.61. The van der Waals surface area contributed by atoms with Crippen LogP contribution in [0.1, 0.15) is 36.8 Å². The van der Waals surface area contributed by atoms with Gasteiger partial charge in [0, 0.05) is 25.0 Å². The molecular formula is C14H21N3O. The molecule has 1 saturated carbocycles. The first-order valence-corrected chi connectivity index (χ1v) is 6.61. The summed E-state index contributed by atoms with van der Waals surface area (Å²) in [6.07, 6.45) is 7.71.